The van der Waals surface area contributed by atoms with Gasteiger partial charge in [-0.15, -0.1) is 0 Å². The summed E-state index contributed by atoms with van der Waals surface area (Å²) < 4.78 is 0. The summed E-state index contributed by atoms with van der Waals surface area (Å²) in [7, 11) is 0. The van der Waals surface area contributed by atoms with E-state index in [4.69, 9.17) is 46.4 Å². The summed E-state index contributed by atoms with van der Waals surface area (Å²) in [6.45, 7) is 0. The molecule has 0 aliphatic carbocycles. The van der Waals surface area contributed by atoms with Crippen LogP contribution in [0.25, 0.3) is 0 Å². The van der Waals surface area contributed by atoms with Crippen LogP contribution < -0.4 is 0 Å². The molecule has 0 atom stereocenters. The average molecular weight is 320 g/mol. The number of rotatable bonds is 3. The van der Waals surface area contributed by atoms with E-state index < -0.39 is 0 Å². The fourth-order valence-electron chi connectivity index (χ4n) is 1.68. The van der Waals surface area contributed by atoms with Gasteiger partial charge in [0.1, 0.15) is 0 Å². The Hall–Kier alpha value is -0.400. The van der Waals surface area contributed by atoms with E-state index in [1.165, 1.54) is 0 Å². The van der Waals surface area contributed by atoms with Crippen LogP contribution in [0.4, 0.5) is 0 Å². The van der Waals surface area contributed by atoms with Crippen LogP contribution in [0.2, 0.25) is 20.1 Å². The van der Waals surface area contributed by atoms with E-state index in [9.17, 15) is 0 Å². The monoisotopic (exact) mass is 318 g/mol. The molecule has 0 aromatic heterocycles. The van der Waals surface area contributed by atoms with E-state index in [0.29, 0.717) is 20.1 Å². The molecule has 2 rings (SSSR count). The van der Waals surface area contributed by atoms with Crippen molar-refractivity contribution in [3.8, 4) is 0 Å². The quantitative estimate of drug-likeness (QED) is 0.642. The van der Waals surface area contributed by atoms with Gasteiger partial charge in [-0.1, -0.05) is 58.5 Å². The molecule has 0 aliphatic heterocycles. The Balaban J connectivity index is 2.06. The van der Waals surface area contributed by atoms with E-state index in [1.807, 2.05) is 36.4 Å². The third kappa shape index (κ3) is 3.55. The van der Waals surface area contributed by atoms with Crippen molar-refractivity contribution in [1.29, 1.82) is 0 Å². The second-order valence-corrected chi connectivity index (χ2v) is 5.63. The van der Waals surface area contributed by atoms with Crippen LogP contribution >= 0.6 is 46.4 Å². The molecular weight excluding hydrogens is 310 g/mol. The third-order valence-corrected chi connectivity index (χ3v) is 4.15. The smallest absolute Gasteiger partial charge is 0.0595 e. The Morgan fingerprint density at radius 3 is 1.28 bits per heavy atom. The van der Waals surface area contributed by atoms with Crippen molar-refractivity contribution in [2.45, 2.75) is 12.8 Å². The molecule has 0 nitrogen and oxygen atoms in total. The van der Waals surface area contributed by atoms with Gasteiger partial charge in [0.2, 0.25) is 0 Å². The lowest BCUT2D eigenvalue weighted by Crippen LogP contribution is -1.91. The van der Waals surface area contributed by atoms with Gasteiger partial charge in [-0.25, -0.2) is 0 Å². The lowest BCUT2D eigenvalue weighted by Gasteiger charge is -2.05. The molecule has 0 unspecified atom stereocenters. The Labute approximate surface area is 126 Å². The molecule has 0 heterocycles. The number of halogens is 4. The summed E-state index contributed by atoms with van der Waals surface area (Å²) in [5.74, 6) is 0. The van der Waals surface area contributed by atoms with Gasteiger partial charge in [-0.3, -0.25) is 0 Å². The highest BCUT2D eigenvalue weighted by Crippen LogP contribution is 2.25. The van der Waals surface area contributed by atoms with E-state index in [-0.39, 0.29) is 0 Å². The Bertz CT molecular complexity index is 512. The molecule has 0 bridgehead atoms. The Kier molecular flexibility index (Phi) is 4.80. The van der Waals surface area contributed by atoms with Crippen LogP contribution in [0.5, 0.6) is 0 Å². The molecule has 2 aromatic rings. The zero-order chi connectivity index (χ0) is 13.1. The van der Waals surface area contributed by atoms with E-state index in [0.717, 1.165) is 24.0 Å². The summed E-state index contributed by atoms with van der Waals surface area (Å²) in [5, 5.41) is 2.33. The summed E-state index contributed by atoms with van der Waals surface area (Å²) in [6, 6.07) is 11.4. The predicted molar refractivity (Wildman–Crippen MR) is 80.3 cm³/mol. The van der Waals surface area contributed by atoms with Gasteiger partial charge in [-0.2, -0.15) is 0 Å². The lowest BCUT2D eigenvalue weighted by atomic mass is 10.0. The predicted octanol–water partition coefficient (Wildman–Crippen LogP) is 6.09. The first-order chi connectivity index (χ1) is 8.56. The summed E-state index contributed by atoms with van der Waals surface area (Å²) in [6.07, 6.45) is 1.77. The van der Waals surface area contributed by atoms with Gasteiger partial charge in [0.15, 0.2) is 0 Å². The number of hydrogen-bond donors (Lipinski definition) is 0. The van der Waals surface area contributed by atoms with Crippen LogP contribution in [-0.2, 0) is 12.8 Å². The van der Waals surface area contributed by atoms with Gasteiger partial charge in [0, 0.05) is 0 Å². The number of benzene rings is 2. The number of aryl methyl sites for hydroxylation is 2. The van der Waals surface area contributed by atoms with Crippen molar-refractivity contribution in [2.75, 3.05) is 0 Å². The third-order valence-electron chi connectivity index (χ3n) is 2.67. The van der Waals surface area contributed by atoms with Crippen LogP contribution in [0.1, 0.15) is 11.1 Å². The minimum atomic E-state index is 0.579. The molecule has 4 heteroatoms. The molecular formula is C14H10Cl4. The van der Waals surface area contributed by atoms with Gasteiger partial charge in [0.25, 0.3) is 0 Å². The molecule has 18 heavy (non-hydrogen) atoms. The first-order valence-corrected chi connectivity index (χ1v) is 6.95. The SMILES string of the molecule is Clc1ccc(CCc2ccc(Cl)c(Cl)c2)cc1Cl. The van der Waals surface area contributed by atoms with Crippen LogP contribution in [0.3, 0.4) is 0 Å². The van der Waals surface area contributed by atoms with Gasteiger partial charge in [-0.05, 0) is 48.2 Å². The maximum Gasteiger partial charge on any atom is 0.0595 e. The number of hydrogen-bond acceptors (Lipinski definition) is 0. The molecule has 0 spiro atoms. The molecule has 0 saturated carbocycles. The molecule has 0 aliphatic rings. The highest BCUT2D eigenvalue weighted by Gasteiger charge is 2.02. The molecule has 0 fully saturated rings. The second kappa shape index (κ2) is 6.16. The van der Waals surface area contributed by atoms with Crippen molar-refractivity contribution < 1.29 is 0 Å². The highest BCUT2D eigenvalue weighted by molar-refractivity contribution is 6.42. The van der Waals surface area contributed by atoms with Crippen molar-refractivity contribution in [2.24, 2.45) is 0 Å². The van der Waals surface area contributed by atoms with Crippen molar-refractivity contribution >= 4 is 46.4 Å². The fraction of sp³-hybridized carbons (Fsp3) is 0.143. The van der Waals surface area contributed by atoms with Crippen LogP contribution in [0.15, 0.2) is 36.4 Å². The minimum Gasteiger partial charge on any atom is -0.0827 e. The van der Waals surface area contributed by atoms with Crippen LogP contribution in [-0.4, -0.2) is 0 Å². The van der Waals surface area contributed by atoms with Crippen molar-refractivity contribution in [3.63, 3.8) is 0 Å². The topological polar surface area (TPSA) is 0 Å². The lowest BCUT2D eigenvalue weighted by molar-refractivity contribution is 0.960. The molecule has 2 aromatic carbocycles. The second-order valence-electron chi connectivity index (χ2n) is 4.00. The van der Waals surface area contributed by atoms with E-state index in [2.05, 4.69) is 0 Å². The Morgan fingerprint density at radius 1 is 0.556 bits per heavy atom. The van der Waals surface area contributed by atoms with Gasteiger partial charge < -0.3 is 0 Å². The highest BCUT2D eigenvalue weighted by atomic mass is 35.5. The maximum absolute atomic E-state index is 5.97. The van der Waals surface area contributed by atoms with Gasteiger partial charge in [0.05, 0.1) is 20.1 Å². The standard InChI is InChI=1S/C14H10Cl4/c15-11-5-3-9(7-13(11)17)1-2-10-4-6-12(16)14(18)8-10/h3-8H,1-2H2. The van der Waals surface area contributed by atoms with Crippen molar-refractivity contribution in [1.82, 2.24) is 0 Å². The molecule has 94 valence electrons. The first kappa shape index (κ1) is 14.0. The van der Waals surface area contributed by atoms with Crippen molar-refractivity contribution in [3.05, 3.63) is 67.6 Å². The molecule has 0 amide bonds. The largest absolute Gasteiger partial charge is 0.0827 e. The zero-order valence-electron chi connectivity index (χ0n) is 9.39. The maximum atomic E-state index is 5.97. The Morgan fingerprint density at radius 2 is 0.944 bits per heavy atom. The summed E-state index contributed by atoms with van der Waals surface area (Å²) in [4.78, 5) is 0. The average Bonchev–Trinajstić information content (AvgIpc) is 2.35. The molecule has 0 N–H and O–H groups in total. The summed E-state index contributed by atoms with van der Waals surface area (Å²) >= 11 is 23.7. The normalized spacial score (nSPS) is 10.7. The van der Waals surface area contributed by atoms with E-state index >= 15 is 0 Å². The zero-order valence-corrected chi connectivity index (χ0v) is 12.4. The summed E-state index contributed by atoms with van der Waals surface area (Å²) in [5.41, 5.74) is 2.30. The minimum absolute atomic E-state index is 0.579. The van der Waals surface area contributed by atoms with Gasteiger partial charge >= 0.3 is 0 Å². The fourth-order valence-corrected chi connectivity index (χ4v) is 2.32. The molecule has 0 saturated heterocycles. The molecule has 0 radical (unpaired) electrons. The first-order valence-electron chi connectivity index (χ1n) is 5.44. The van der Waals surface area contributed by atoms with E-state index in [1.54, 1.807) is 0 Å². The van der Waals surface area contributed by atoms with Crippen LogP contribution in [0, 0.1) is 0 Å².